The van der Waals surface area contributed by atoms with E-state index in [4.69, 9.17) is 11.6 Å². The second-order valence-electron chi connectivity index (χ2n) is 13.7. The van der Waals surface area contributed by atoms with Gasteiger partial charge in [0.15, 0.2) is 5.78 Å². The van der Waals surface area contributed by atoms with Gasteiger partial charge in [0, 0.05) is 65.5 Å². The number of fused-ring (bicyclic) bond motifs is 4. The van der Waals surface area contributed by atoms with Crippen LogP contribution in [0.25, 0.3) is 43.6 Å². The van der Waals surface area contributed by atoms with Crippen molar-refractivity contribution in [1.29, 1.82) is 0 Å². The molecule has 17 heteroatoms. The zero-order valence-corrected chi connectivity index (χ0v) is 41.9. The number of hydrogen-bond acceptors (Lipinski definition) is 13. The molecule has 3 amide bonds. The number of nitrogens with zero attached hydrogens (tertiary/aromatic N) is 8. The Kier molecular flexibility index (Phi) is 30.5. The van der Waals surface area contributed by atoms with Crippen molar-refractivity contribution in [2.75, 3.05) is 40.6 Å². The lowest BCUT2D eigenvalue weighted by Gasteiger charge is -1.96. The predicted molar refractivity (Wildman–Crippen MR) is 283 cm³/mol. The molecular formula is C53H61ClN12O4. The molecule has 0 aliphatic heterocycles. The highest BCUT2D eigenvalue weighted by Crippen LogP contribution is 2.14. The maximum atomic E-state index is 10.2. The summed E-state index contributed by atoms with van der Waals surface area (Å²) in [4.78, 5) is 73.2. The van der Waals surface area contributed by atoms with E-state index in [0.717, 1.165) is 66.4 Å². The van der Waals surface area contributed by atoms with E-state index in [2.05, 4.69) is 86.1 Å². The van der Waals surface area contributed by atoms with Gasteiger partial charge < -0.3 is 21.3 Å². The van der Waals surface area contributed by atoms with Crippen LogP contribution in [0.15, 0.2) is 148 Å². The van der Waals surface area contributed by atoms with Crippen molar-refractivity contribution in [3.05, 3.63) is 170 Å². The first-order chi connectivity index (χ1) is 33.7. The number of aryl methyl sites for hydroxylation is 4. The molecule has 0 saturated carbocycles. The van der Waals surface area contributed by atoms with Gasteiger partial charge in [0.05, 0.1) is 28.6 Å². The number of likely N-dealkylation sites (N-methyl/N-ethyl adjacent to an activating group) is 2. The molecule has 4 N–H and O–H groups in total. The molecule has 0 radical (unpaired) electrons. The van der Waals surface area contributed by atoms with E-state index in [9.17, 15) is 19.2 Å². The highest BCUT2D eigenvalue weighted by molar-refractivity contribution is 6.27. The van der Waals surface area contributed by atoms with Gasteiger partial charge in [0.2, 0.25) is 11.8 Å². The van der Waals surface area contributed by atoms with Crippen LogP contribution in [-0.2, 0) is 19.2 Å². The average molecular weight is 966 g/mol. The number of alkyl halides is 1. The first-order valence-corrected chi connectivity index (χ1v) is 22.0. The molecule has 16 nitrogen and oxygen atoms in total. The molecule has 0 spiro atoms. The summed E-state index contributed by atoms with van der Waals surface area (Å²) in [6.07, 6.45) is 8.90. The van der Waals surface area contributed by atoms with E-state index in [1.807, 2.05) is 125 Å². The number of nitrogens with one attached hydrogen (secondary N) is 4. The molecule has 364 valence electrons. The Morgan fingerprint density at radius 2 is 0.843 bits per heavy atom. The molecule has 4 aromatic carbocycles. The number of aromatic nitrogens is 8. The fraction of sp³-hybridized carbons (Fsp3) is 0.208. The van der Waals surface area contributed by atoms with E-state index < -0.39 is 0 Å². The number of benzene rings is 4. The zero-order chi connectivity index (χ0) is 52.1. The molecule has 0 bridgehead atoms. The van der Waals surface area contributed by atoms with Crippen molar-refractivity contribution >= 4 is 78.7 Å². The summed E-state index contributed by atoms with van der Waals surface area (Å²) in [5.74, 6) is 4.31. The number of amides is 3. The van der Waals surface area contributed by atoms with Crippen molar-refractivity contribution in [2.24, 2.45) is 0 Å². The first-order valence-electron chi connectivity index (χ1n) is 21.5. The number of ketones is 1. The third-order valence-corrected chi connectivity index (χ3v) is 9.09. The lowest BCUT2D eigenvalue weighted by atomic mass is 10.2. The number of carbonyl (C=O) groups is 4. The van der Waals surface area contributed by atoms with E-state index in [1.54, 1.807) is 60.4 Å². The molecule has 0 unspecified atom stereocenters. The lowest BCUT2D eigenvalue weighted by molar-refractivity contribution is -0.118. The monoisotopic (exact) mass is 964 g/mol. The van der Waals surface area contributed by atoms with E-state index in [-0.39, 0.29) is 29.4 Å². The fourth-order valence-electron chi connectivity index (χ4n) is 5.15. The second-order valence-corrected chi connectivity index (χ2v) is 14.0. The number of halogens is 1. The minimum absolute atomic E-state index is 0.0301. The number of carbonyl (C=O) groups excluding carboxylic acids is 4. The summed E-state index contributed by atoms with van der Waals surface area (Å²) in [7, 11) is 6.38. The van der Waals surface area contributed by atoms with Gasteiger partial charge in [0.25, 0.3) is 5.91 Å². The third kappa shape index (κ3) is 23.4. The van der Waals surface area contributed by atoms with Crippen LogP contribution < -0.4 is 21.3 Å². The Hall–Kier alpha value is -8.39. The quantitative estimate of drug-likeness (QED) is 0.0754. The maximum Gasteiger partial charge on any atom is 0.295 e. The van der Waals surface area contributed by atoms with Gasteiger partial charge in [-0.25, -0.2) is 39.9 Å². The molecule has 0 saturated heterocycles. The minimum atomic E-state index is -0.234. The van der Waals surface area contributed by atoms with Crippen LogP contribution >= 0.6 is 11.6 Å². The predicted octanol–water partition coefficient (Wildman–Crippen LogP) is 7.36. The topological polar surface area (TPSA) is 220 Å². The second kappa shape index (κ2) is 35.8. The van der Waals surface area contributed by atoms with Gasteiger partial charge >= 0.3 is 0 Å². The summed E-state index contributed by atoms with van der Waals surface area (Å²) in [6, 6.07) is 32.0. The van der Waals surface area contributed by atoms with Crippen LogP contribution in [0.1, 0.15) is 29.7 Å². The van der Waals surface area contributed by atoms with E-state index in [1.165, 1.54) is 12.2 Å². The number of rotatable bonds is 5. The molecule has 4 heterocycles. The van der Waals surface area contributed by atoms with Crippen molar-refractivity contribution in [1.82, 2.24) is 61.1 Å². The van der Waals surface area contributed by atoms with Gasteiger partial charge in [-0.15, -0.1) is 11.6 Å². The Labute approximate surface area is 415 Å². The number of para-hydroxylation sites is 4. The van der Waals surface area contributed by atoms with Crippen molar-refractivity contribution in [3.63, 3.8) is 0 Å². The van der Waals surface area contributed by atoms with Crippen LogP contribution in [0.2, 0.25) is 0 Å². The summed E-state index contributed by atoms with van der Waals surface area (Å²) in [5.41, 5.74) is 8.21. The van der Waals surface area contributed by atoms with Crippen LogP contribution in [-0.4, -0.2) is 104 Å². The summed E-state index contributed by atoms with van der Waals surface area (Å²) in [5, 5.41) is 14.3. The van der Waals surface area contributed by atoms with Crippen molar-refractivity contribution in [3.8, 4) is 11.8 Å². The van der Waals surface area contributed by atoms with E-state index in [0.29, 0.717) is 6.54 Å². The Balaban J connectivity index is 0.000000406. The molecular weight excluding hydrogens is 904 g/mol. The van der Waals surface area contributed by atoms with Crippen molar-refractivity contribution < 1.29 is 19.2 Å². The zero-order valence-electron chi connectivity index (χ0n) is 41.1. The largest absolute Gasteiger partial charge is 0.358 e. The smallest absolute Gasteiger partial charge is 0.295 e. The van der Waals surface area contributed by atoms with Crippen LogP contribution in [0, 0.1) is 39.5 Å². The molecule has 0 atom stereocenters. The normalized spacial score (nSPS) is 9.11. The molecule has 8 aromatic rings. The average Bonchev–Trinajstić information content (AvgIpc) is 3.40. The lowest BCUT2D eigenvalue weighted by Crippen LogP contribution is -2.18. The summed E-state index contributed by atoms with van der Waals surface area (Å²) in [6.45, 7) is 16.5. The third-order valence-electron chi connectivity index (χ3n) is 8.84. The van der Waals surface area contributed by atoms with Crippen LogP contribution in [0.5, 0.6) is 0 Å². The maximum absolute atomic E-state index is 10.2. The molecule has 0 aliphatic carbocycles. The van der Waals surface area contributed by atoms with Gasteiger partial charge in [-0.3, -0.25) is 19.2 Å². The van der Waals surface area contributed by atoms with E-state index >= 15 is 0 Å². The van der Waals surface area contributed by atoms with Gasteiger partial charge in [-0.05, 0) is 84.0 Å². The summed E-state index contributed by atoms with van der Waals surface area (Å²) < 4.78 is 0. The van der Waals surface area contributed by atoms with Crippen molar-refractivity contribution in [2.45, 2.75) is 34.6 Å². The Morgan fingerprint density at radius 3 is 1.00 bits per heavy atom. The summed E-state index contributed by atoms with van der Waals surface area (Å²) >= 11 is 5.04. The van der Waals surface area contributed by atoms with Gasteiger partial charge in [0.1, 0.15) is 31.2 Å². The molecule has 8 rings (SSSR count). The minimum Gasteiger partial charge on any atom is -0.358 e. The highest BCUT2D eigenvalue weighted by Gasteiger charge is 1.98. The number of hydrogen-bond donors (Lipinski definition) is 4. The molecule has 0 aliphatic rings. The van der Waals surface area contributed by atoms with Crippen LogP contribution in [0.4, 0.5) is 0 Å². The molecule has 70 heavy (non-hydrogen) atoms. The fourth-order valence-corrected chi connectivity index (χ4v) is 5.28. The molecule has 0 fully saturated rings. The standard InChI is InChI=1S/4C9H8N2.C5H9NO.C5H7NO.C4H7NO.C3H6ClNO/c4*1-7-8-4-2-3-5-9(8)11-6-10-7;1-3-5(7)4-6-2;1-3-4-5(7)6-2;1-3-4(6)5-2;1-5-3(6)2-4/h4*2-6H,1H3;3,6H,1,4H2,2H3;1-2H3,(H,6,7);3H,1H2,2H3,(H,5,6);2H2,1H3,(H,5,6). The Bertz CT molecular complexity index is 2620. The van der Waals surface area contributed by atoms with Gasteiger partial charge in [-0.2, -0.15) is 0 Å². The first kappa shape index (κ1) is 59.6. The highest BCUT2D eigenvalue weighted by atomic mass is 35.5. The van der Waals surface area contributed by atoms with Gasteiger partial charge in [-0.1, -0.05) is 91.9 Å². The van der Waals surface area contributed by atoms with Crippen LogP contribution in [0.3, 0.4) is 0 Å². The SMILES string of the molecule is C=CC(=O)CNC.C=CC(=O)NC.CC#CC(=O)NC.CNC(=O)CCl.Cc1ncnc2ccccc12.Cc1ncnc2ccccc12.Cc1ncnc2ccccc12.Cc1ncnc2ccccc12. The molecule has 4 aromatic heterocycles. The Morgan fingerprint density at radius 1 is 0.514 bits per heavy atom.